The van der Waals surface area contributed by atoms with Crippen molar-refractivity contribution in [2.75, 3.05) is 0 Å². The highest BCUT2D eigenvalue weighted by molar-refractivity contribution is 7.13. The molecule has 0 saturated heterocycles. The maximum Gasteiger partial charge on any atom is 0.356 e. The lowest BCUT2D eigenvalue weighted by Crippen LogP contribution is -1.98. The van der Waals surface area contributed by atoms with Crippen LogP contribution in [-0.4, -0.2) is 21.0 Å². The number of aromatic amines is 1. The Bertz CT molecular complexity index is 459. The number of aromatic carboxylic acids is 1. The Morgan fingerprint density at radius 2 is 2.43 bits per heavy atom. The molecule has 0 bridgehead atoms. The van der Waals surface area contributed by atoms with E-state index in [0.29, 0.717) is 11.5 Å². The Hall–Kier alpha value is -1.62. The minimum Gasteiger partial charge on any atom is -0.476 e. The first-order valence-electron chi connectivity index (χ1n) is 4.02. The Morgan fingerprint density at radius 1 is 1.64 bits per heavy atom. The fraction of sp³-hybridized carbons (Fsp3) is 0.111. The number of imidazole rings is 1. The first-order valence-corrected chi connectivity index (χ1v) is 4.90. The normalized spacial score (nSPS) is 10.4. The van der Waals surface area contributed by atoms with Crippen molar-refractivity contribution in [2.24, 2.45) is 0 Å². The van der Waals surface area contributed by atoms with Crippen LogP contribution in [0.3, 0.4) is 0 Å². The van der Waals surface area contributed by atoms with Gasteiger partial charge in [0.2, 0.25) is 0 Å². The molecule has 0 spiro atoms. The number of hydrogen-bond acceptors (Lipinski definition) is 3. The van der Waals surface area contributed by atoms with E-state index < -0.39 is 5.97 Å². The van der Waals surface area contributed by atoms with Gasteiger partial charge in [0.15, 0.2) is 5.69 Å². The number of hydrogen-bond donors (Lipinski definition) is 2. The lowest BCUT2D eigenvalue weighted by molar-refractivity contribution is 0.0690. The van der Waals surface area contributed by atoms with Crippen LogP contribution in [0, 0.1) is 6.92 Å². The molecule has 0 fully saturated rings. The quantitative estimate of drug-likeness (QED) is 0.794. The van der Waals surface area contributed by atoms with Gasteiger partial charge >= 0.3 is 5.97 Å². The summed E-state index contributed by atoms with van der Waals surface area (Å²) in [7, 11) is 0. The Balaban J connectivity index is 2.48. The highest BCUT2D eigenvalue weighted by Crippen LogP contribution is 2.22. The predicted molar refractivity (Wildman–Crippen MR) is 53.6 cm³/mol. The second-order valence-corrected chi connectivity index (χ2v) is 3.79. The third-order valence-corrected chi connectivity index (χ3v) is 2.72. The maximum atomic E-state index is 10.7. The number of thiophene rings is 1. The molecule has 0 radical (unpaired) electrons. The second-order valence-electron chi connectivity index (χ2n) is 2.84. The summed E-state index contributed by atoms with van der Waals surface area (Å²) in [6.45, 7) is 1.70. The summed E-state index contributed by atoms with van der Waals surface area (Å²) in [6.07, 6.45) is 0. The van der Waals surface area contributed by atoms with Gasteiger partial charge in [0, 0.05) is 5.69 Å². The van der Waals surface area contributed by atoms with Crippen molar-refractivity contribution in [1.82, 2.24) is 9.97 Å². The molecule has 2 N–H and O–H groups in total. The van der Waals surface area contributed by atoms with Crippen LogP contribution in [0.5, 0.6) is 0 Å². The second kappa shape index (κ2) is 3.26. The first kappa shape index (κ1) is 8.96. The average molecular weight is 208 g/mol. The number of aromatic nitrogens is 2. The zero-order chi connectivity index (χ0) is 10.1. The van der Waals surface area contributed by atoms with E-state index in [1.54, 1.807) is 6.92 Å². The van der Waals surface area contributed by atoms with Gasteiger partial charge < -0.3 is 10.1 Å². The van der Waals surface area contributed by atoms with Crippen LogP contribution in [0.25, 0.3) is 10.7 Å². The van der Waals surface area contributed by atoms with Crippen molar-refractivity contribution in [2.45, 2.75) is 6.92 Å². The summed E-state index contributed by atoms with van der Waals surface area (Å²) in [6, 6.07) is 3.80. The van der Waals surface area contributed by atoms with Crippen LogP contribution >= 0.6 is 11.3 Å². The highest BCUT2D eigenvalue weighted by atomic mass is 32.1. The van der Waals surface area contributed by atoms with E-state index in [2.05, 4.69) is 9.97 Å². The van der Waals surface area contributed by atoms with E-state index in [4.69, 9.17) is 5.11 Å². The van der Waals surface area contributed by atoms with Gasteiger partial charge in [-0.25, -0.2) is 9.78 Å². The van der Waals surface area contributed by atoms with Crippen LogP contribution in [0.15, 0.2) is 17.5 Å². The third-order valence-electron chi connectivity index (χ3n) is 1.84. The van der Waals surface area contributed by atoms with Crippen molar-refractivity contribution < 1.29 is 9.90 Å². The van der Waals surface area contributed by atoms with Gasteiger partial charge in [0.1, 0.15) is 5.82 Å². The molecule has 0 aliphatic heterocycles. The molecule has 2 aromatic heterocycles. The molecular formula is C9H8N2O2S. The molecule has 0 atom stereocenters. The molecule has 0 unspecified atom stereocenters. The van der Waals surface area contributed by atoms with Gasteiger partial charge in [0.25, 0.3) is 0 Å². The fourth-order valence-corrected chi connectivity index (χ4v) is 1.87. The van der Waals surface area contributed by atoms with Gasteiger partial charge in [-0.2, -0.15) is 0 Å². The number of H-pyrrole nitrogens is 1. The molecule has 4 nitrogen and oxygen atoms in total. The Kier molecular flexibility index (Phi) is 2.09. The molecule has 0 aliphatic rings. The topological polar surface area (TPSA) is 66.0 Å². The number of nitrogens with zero attached hydrogens (tertiary/aromatic N) is 1. The van der Waals surface area contributed by atoms with E-state index in [1.165, 1.54) is 11.3 Å². The smallest absolute Gasteiger partial charge is 0.356 e. The van der Waals surface area contributed by atoms with Crippen LogP contribution in [0.4, 0.5) is 0 Å². The molecule has 0 saturated carbocycles. The Labute approximate surface area is 84.2 Å². The summed E-state index contributed by atoms with van der Waals surface area (Å²) >= 11 is 1.52. The summed E-state index contributed by atoms with van der Waals surface area (Å²) in [5, 5.41) is 10.7. The molecule has 0 amide bonds. The minimum atomic E-state index is -0.999. The van der Waals surface area contributed by atoms with E-state index in [9.17, 15) is 4.79 Å². The van der Waals surface area contributed by atoms with Gasteiger partial charge in [-0.3, -0.25) is 0 Å². The number of rotatable bonds is 2. The lowest BCUT2D eigenvalue weighted by atomic mass is 10.4. The molecule has 2 rings (SSSR count). The van der Waals surface area contributed by atoms with E-state index >= 15 is 0 Å². The van der Waals surface area contributed by atoms with Crippen molar-refractivity contribution in [3.05, 3.63) is 28.9 Å². The van der Waals surface area contributed by atoms with Gasteiger partial charge in [-0.1, -0.05) is 6.07 Å². The molecule has 2 heterocycles. The van der Waals surface area contributed by atoms with Crippen molar-refractivity contribution >= 4 is 17.3 Å². The number of nitrogens with one attached hydrogen (secondary N) is 1. The van der Waals surface area contributed by atoms with Crippen LogP contribution in [-0.2, 0) is 0 Å². The summed E-state index contributed by atoms with van der Waals surface area (Å²) in [5.41, 5.74) is 0.675. The van der Waals surface area contributed by atoms with Gasteiger partial charge in [-0.05, 0) is 18.4 Å². The third kappa shape index (κ3) is 1.42. The largest absolute Gasteiger partial charge is 0.476 e. The molecule has 72 valence electrons. The summed E-state index contributed by atoms with van der Waals surface area (Å²) in [4.78, 5) is 18.6. The number of aryl methyl sites for hydroxylation is 1. The predicted octanol–water partition coefficient (Wildman–Crippen LogP) is 2.14. The number of carboxylic acid groups (broad SMARTS) is 1. The summed E-state index contributed by atoms with van der Waals surface area (Å²) < 4.78 is 0. The molecular weight excluding hydrogens is 200 g/mol. The van der Waals surface area contributed by atoms with Gasteiger partial charge in [-0.15, -0.1) is 11.3 Å². The molecule has 0 aliphatic carbocycles. The zero-order valence-corrected chi connectivity index (χ0v) is 8.26. The lowest BCUT2D eigenvalue weighted by Gasteiger charge is -1.86. The first-order chi connectivity index (χ1) is 6.68. The Morgan fingerprint density at radius 3 is 2.93 bits per heavy atom. The number of carboxylic acids is 1. The molecule has 14 heavy (non-hydrogen) atoms. The van der Waals surface area contributed by atoms with Crippen LogP contribution < -0.4 is 0 Å². The van der Waals surface area contributed by atoms with E-state index in [1.807, 2.05) is 17.5 Å². The standard InChI is InChI=1S/C9H8N2O2S/c1-5-7(9(12)13)11-8(10-5)6-3-2-4-14-6/h2-4H,1H3,(H,10,11)(H,12,13). The fourth-order valence-electron chi connectivity index (χ4n) is 1.20. The van der Waals surface area contributed by atoms with Gasteiger partial charge in [0.05, 0.1) is 4.88 Å². The average Bonchev–Trinajstić information content (AvgIpc) is 2.70. The highest BCUT2D eigenvalue weighted by Gasteiger charge is 2.14. The van der Waals surface area contributed by atoms with Crippen LogP contribution in [0.1, 0.15) is 16.2 Å². The van der Waals surface area contributed by atoms with Crippen molar-refractivity contribution in [3.63, 3.8) is 0 Å². The summed E-state index contributed by atoms with van der Waals surface area (Å²) in [5.74, 6) is -0.378. The number of carbonyl (C=O) groups is 1. The maximum absolute atomic E-state index is 10.7. The molecule has 5 heteroatoms. The van der Waals surface area contributed by atoms with Crippen molar-refractivity contribution in [3.8, 4) is 10.7 Å². The molecule has 2 aromatic rings. The van der Waals surface area contributed by atoms with E-state index in [-0.39, 0.29) is 5.69 Å². The zero-order valence-electron chi connectivity index (χ0n) is 7.44. The SMILES string of the molecule is Cc1[nH]c(-c2cccs2)nc1C(=O)O. The van der Waals surface area contributed by atoms with Crippen LogP contribution in [0.2, 0.25) is 0 Å². The van der Waals surface area contributed by atoms with E-state index in [0.717, 1.165) is 4.88 Å². The van der Waals surface area contributed by atoms with Crippen molar-refractivity contribution in [1.29, 1.82) is 0 Å². The monoisotopic (exact) mass is 208 g/mol. The molecule has 0 aromatic carbocycles. The minimum absolute atomic E-state index is 0.0911.